The largest absolute Gasteiger partial charge is 0.494 e. The van der Waals surface area contributed by atoms with Crippen LogP contribution in [0.4, 0.5) is 0 Å². The summed E-state index contributed by atoms with van der Waals surface area (Å²) < 4.78 is 17.3. The first kappa shape index (κ1) is 27.7. The highest BCUT2D eigenvalue weighted by Crippen LogP contribution is 2.48. The van der Waals surface area contributed by atoms with Crippen molar-refractivity contribution in [1.29, 1.82) is 0 Å². The number of ether oxygens (including phenoxy) is 3. The second-order valence-electron chi connectivity index (χ2n) is 9.95. The molecule has 5 rings (SSSR count). The quantitative estimate of drug-likeness (QED) is 0.210. The van der Waals surface area contributed by atoms with Gasteiger partial charge in [0.25, 0.3) is 0 Å². The molecule has 0 spiro atoms. The average Bonchev–Trinajstić information content (AvgIpc) is 2.96. The van der Waals surface area contributed by atoms with Crippen molar-refractivity contribution < 1.29 is 23.8 Å². The zero-order valence-corrected chi connectivity index (χ0v) is 23.4. The number of Topliss-reactive ketones (excluding diaryl/α,β-unsaturated/α-hetero) is 1. The third-order valence-corrected chi connectivity index (χ3v) is 7.65. The Morgan fingerprint density at radius 1 is 0.900 bits per heavy atom. The first-order valence-corrected chi connectivity index (χ1v) is 14.0. The fourth-order valence-corrected chi connectivity index (χ4v) is 5.79. The van der Waals surface area contributed by atoms with Crippen molar-refractivity contribution >= 4 is 29.1 Å². The van der Waals surface area contributed by atoms with Crippen molar-refractivity contribution in [1.82, 2.24) is 0 Å². The molecule has 1 heterocycles. The maximum Gasteiger partial charge on any atom is 0.336 e. The minimum atomic E-state index is -0.572. The normalized spacial score (nSPS) is 20.4. The number of esters is 1. The standard InChI is InChI=1S/C33H32ClNO5/c1-3-38-29-12-8-7-11-26(29)31-30(33(37)40-18-17-39-25-9-5-4-6-10-25)21(2)35-27-19-23(20-28(36)32(27)31)22-13-15-24(34)16-14-22/h4-16,23,31-32H,3,17-20H2,1-2H3/t23-,31-,32?/m0/s1. The summed E-state index contributed by atoms with van der Waals surface area (Å²) in [6, 6.07) is 24.6. The Balaban J connectivity index is 1.46. The summed E-state index contributed by atoms with van der Waals surface area (Å²) >= 11 is 6.10. The molecule has 0 N–H and O–H groups in total. The maximum absolute atomic E-state index is 13.9. The third-order valence-electron chi connectivity index (χ3n) is 7.40. The van der Waals surface area contributed by atoms with Crippen LogP contribution >= 0.6 is 11.6 Å². The van der Waals surface area contributed by atoms with E-state index in [4.69, 9.17) is 30.8 Å². The van der Waals surface area contributed by atoms with Crippen LogP contribution in [-0.4, -0.2) is 37.3 Å². The van der Waals surface area contributed by atoms with Gasteiger partial charge in [0, 0.05) is 34.3 Å². The van der Waals surface area contributed by atoms with Gasteiger partial charge in [-0.15, -0.1) is 0 Å². The van der Waals surface area contributed by atoms with Gasteiger partial charge in [0.2, 0.25) is 0 Å². The summed E-state index contributed by atoms with van der Waals surface area (Å²) in [6.45, 7) is 4.46. The van der Waals surface area contributed by atoms with Crippen LogP contribution in [0.2, 0.25) is 5.02 Å². The zero-order chi connectivity index (χ0) is 28.1. The van der Waals surface area contributed by atoms with E-state index in [1.54, 1.807) is 0 Å². The lowest BCUT2D eigenvalue weighted by Crippen LogP contribution is -2.41. The van der Waals surface area contributed by atoms with Gasteiger partial charge in [0.15, 0.2) is 0 Å². The lowest BCUT2D eigenvalue weighted by atomic mass is 9.66. The highest BCUT2D eigenvalue weighted by atomic mass is 35.5. The molecule has 3 aromatic carbocycles. The van der Waals surface area contributed by atoms with E-state index >= 15 is 0 Å². The number of para-hydroxylation sites is 2. The van der Waals surface area contributed by atoms with E-state index in [-0.39, 0.29) is 24.9 Å². The smallest absolute Gasteiger partial charge is 0.336 e. The second-order valence-corrected chi connectivity index (χ2v) is 10.4. The number of fused-ring (bicyclic) bond motifs is 1. The molecule has 0 aromatic heterocycles. The first-order valence-electron chi connectivity index (χ1n) is 13.6. The first-order chi connectivity index (χ1) is 19.5. The summed E-state index contributed by atoms with van der Waals surface area (Å²) in [5, 5.41) is 0.655. The molecule has 2 aliphatic rings. The highest BCUT2D eigenvalue weighted by Gasteiger charge is 2.47. The fourth-order valence-electron chi connectivity index (χ4n) is 5.66. The Morgan fingerprint density at radius 2 is 1.62 bits per heavy atom. The van der Waals surface area contributed by atoms with E-state index in [0.29, 0.717) is 47.2 Å². The van der Waals surface area contributed by atoms with Crippen molar-refractivity contribution in [2.24, 2.45) is 10.9 Å². The Hall–Kier alpha value is -3.90. The van der Waals surface area contributed by atoms with E-state index in [0.717, 1.165) is 16.8 Å². The molecule has 0 bridgehead atoms. The van der Waals surface area contributed by atoms with Crippen LogP contribution in [-0.2, 0) is 14.3 Å². The lowest BCUT2D eigenvalue weighted by molar-refractivity contribution is -0.140. The van der Waals surface area contributed by atoms with E-state index in [9.17, 15) is 9.59 Å². The molecule has 7 heteroatoms. The van der Waals surface area contributed by atoms with Gasteiger partial charge in [-0.05, 0) is 62.1 Å². The molecular weight excluding hydrogens is 526 g/mol. The summed E-state index contributed by atoms with van der Waals surface area (Å²) in [6.07, 6.45) is 0.973. The second kappa shape index (κ2) is 12.5. The fraction of sp³-hybridized carbons (Fsp3) is 0.303. The number of carbonyl (C=O) groups is 2. The summed E-state index contributed by atoms with van der Waals surface area (Å²) in [5.41, 5.74) is 3.57. The number of carbonyl (C=O) groups excluding carboxylic acids is 2. The van der Waals surface area contributed by atoms with Crippen LogP contribution in [0.1, 0.15) is 49.7 Å². The van der Waals surface area contributed by atoms with Crippen molar-refractivity contribution in [3.8, 4) is 11.5 Å². The van der Waals surface area contributed by atoms with Gasteiger partial charge >= 0.3 is 5.97 Å². The van der Waals surface area contributed by atoms with Gasteiger partial charge in [-0.2, -0.15) is 0 Å². The topological polar surface area (TPSA) is 74.2 Å². The van der Waals surface area contributed by atoms with Crippen LogP contribution in [0.15, 0.2) is 95.1 Å². The summed E-state index contributed by atoms with van der Waals surface area (Å²) in [4.78, 5) is 32.3. The molecule has 206 valence electrons. The van der Waals surface area contributed by atoms with E-state index < -0.39 is 17.8 Å². The third kappa shape index (κ3) is 5.97. The number of aliphatic imine (C=N–C) groups is 1. The molecular formula is C33H32ClNO5. The van der Waals surface area contributed by atoms with Crippen LogP contribution in [0.3, 0.4) is 0 Å². The minimum Gasteiger partial charge on any atom is -0.494 e. The molecule has 6 nitrogen and oxygen atoms in total. The molecule has 1 fully saturated rings. The predicted molar refractivity (Wildman–Crippen MR) is 155 cm³/mol. The molecule has 3 atom stereocenters. The molecule has 0 radical (unpaired) electrons. The molecule has 1 aliphatic heterocycles. The summed E-state index contributed by atoms with van der Waals surface area (Å²) in [5.74, 6) is -0.235. The van der Waals surface area contributed by atoms with E-state index in [1.165, 1.54) is 0 Å². The monoisotopic (exact) mass is 557 g/mol. The number of ketones is 1. The molecule has 40 heavy (non-hydrogen) atoms. The Morgan fingerprint density at radius 3 is 2.38 bits per heavy atom. The number of benzene rings is 3. The Bertz CT molecular complexity index is 1430. The van der Waals surface area contributed by atoms with Crippen molar-refractivity contribution in [2.45, 2.75) is 38.5 Å². The van der Waals surface area contributed by atoms with Gasteiger partial charge < -0.3 is 14.2 Å². The van der Waals surface area contributed by atoms with E-state index in [2.05, 4.69) is 0 Å². The van der Waals surface area contributed by atoms with Gasteiger partial charge in [-0.3, -0.25) is 9.79 Å². The van der Waals surface area contributed by atoms with E-state index in [1.807, 2.05) is 92.7 Å². The lowest BCUT2D eigenvalue weighted by Gasteiger charge is -2.38. The van der Waals surface area contributed by atoms with Crippen molar-refractivity contribution in [3.63, 3.8) is 0 Å². The number of nitrogens with zero attached hydrogens (tertiary/aromatic N) is 1. The molecule has 0 saturated heterocycles. The molecule has 0 amide bonds. The van der Waals surface area contributed by atoms with Gasteiger partial charge in [-0.1, -0.05) is 60.1 Å². The van der Waals surface area contributed by atoms with Gasteiger partial charge in [0.1, 0.15) is 30.5 Å². The number of allylic oxidation sites excluding steroid dienone is 1. The molecule has 1 aliphatic carbocycles. The van der Waals surface area contributed by atoms with Gasteiger partial charge in [0.05, 0.1) is 18.1 Å². The zero-order valence-electron chi connectivity index (χ0n) is 22.6. The number of rotatable bonds is 9. The molecule has 3 aromatic rings. The predicted octanol–water partition coefficient (Wildman–Crippen LogP) is 6.94. The summed E-state index contributed by atoms with van der Waals surface area (Å²) in [7, 11) is 0. The maximum atomic E-state index is 13.9. The minimum absolute atomic E-state index is 0.000936. The average molecular weight is 558 g/mol. The van der Waals surface area contributed by atoms with Crippen LogP contribution in [0, 0.1) is 5.92 Å². The highest BCUT2D eigenvalue weighted by molar-refractivity contribution is 6.30. The number of halogens is 1. The Kier molecular flexibility index (Phi) is 8.66. The van der Waals surface area contributed by atoms with Crippen molar-refractivity contribution in [3.05, 3.63) is 106 Å². The van der Waals surface area contributed by atoms with Crippen LogP contribution in [0.25, 0.3) is 0 Å². The van der Waals surface area contributed by atoms with Gasteiger partial charge in [-0.25, -0.2) is 4.79 Å². The van der Waals surface area contributed by atoms with Crippen molar-refractivity contribution in [2.75, 3.05) is 19.8 Å². The SMILES string of the molecule is CCOc1ccccc1[C@H]1C(C(=O)OCCOc2ccccc2)=C(C)N=C2C[C@H](c3ccc(Cl)cc3)CC(=O)C21. The molecule has 1 saturated carbocycles. The molecule has 1 unspecified atom stereocenters. The van der Waals surface area contributed by atoms with Crippen LogP contribution in [0.5, 0.6) is 11.5 Å². The Labute approximate surface area is 239 Å². The number of hydrogen-bond acceptors (Lipinski definition) is 6. The van der Waals surface area contributed by atoms with Crippen LogP contribution < -0.4 is 9.47 Å². The number of hydrogen-bond donors (Lipinski definition) is 0.